The third-order valence-corrected chi connectivity index (χ3v) is 3.63. The van der Waals surface area contributed by atoms with Gasteiger partial charge in [-0.25, -0.2) is 9.48 Å². The first-order valence-electron chi connectivity index (χ1n) is 7.83. The van der Waals surface area contributed by atoms with E-state index in [4.69, 9.17) is 9.84 Å². The number of aromatic nitrogens is 3. The van der Waals surface area contributed by atoms with Gasteiger partial charge >= 0.3 is 12.6 Å². The maximum Gasteiger partial charge on any atom is 0.387 e. The van der Waals surface area contributed by atoms with Gasteiger partial charge in [0, 0.05) is 20.1 Å². The molecule has 0 bridgehead atoms. The highest BCUT2D eigenvalue weighted by Crippen LogP contribution is 2.18. The molecule has 0 spiro atoms. The SMILES string of the molecule is COCCC(NC(=O)c1nnn(-c2ccc(OC(F)F)cc2)c1C)C(=O)O. The Morgan fingerprint density at radius 2 is 1.96 bits per heavy atom. The highest BCUT2D eigenvalue weighted by molar-refractivity contribution is 5.95. The summed E-state index contributed by atoms with van der Waals surface area (Å²) in [7, 11) is 1.42. The van der Waals surface area contributed by atoms with Gasteiger partial charge in [0.15, 0.2) is 5.69 Å². The summed E-state index contributed by atoms with van der Waals surface area (Å²) in [5.41, 5.74) is 0.771. The number of carbonyl (C=O) groups excluding carboxylic acids is 1. The fraction of sp³-hybridized carbons (Fsp3) is 0.375. The molecule has 1 heterocycles. The number of rotatable bonds is 9. The number of hydrogen-bond acceptors (Lipinski definition) is 6. The first kappa shape index (κ1) is 20.2. The third kappa shape index (κ3) is 5.20. The van der Waals surface area contributed by atoms with Crippen LogP contribution in [0.15, 0.2) is 24.3 Å². The Kier molecular flexibility index (Phi) is 6.77. The van der Waals surface area contributed by atoms with Crippen LogP contribution >= 0.6 is 0 Å². The van der Waals surface area contributed by atoms with Crippen LogP contribution in [-0.4, -0.2) is 58.3 Å². The molecule has 0 saturated heterocycles. The zero-order chi connectivity index (χ0) is 20.0. The number of benzene rings is 1. The van der Waals surface area contributed by atoms with Crippen molar-refractivity contribution in [2.75, 3.05) is 13.7 Å². The van der Waals surface area contributed by atoms with Crippen LogP contribution < -0.4 is 10.1 Å². The van der Waals surface area contributed by atoms with Gasteiger partial charge in [-0.15, -0.1) is 5.10 Å². The first-order chi connectivity index (χ1) is 12.8. The van der Waals surface area contributed by atoms with Crippen molar-refractivity contribution in [3.63, 3.8) is 0 Å². The second-order valence-electron chi connectivity index (χ2n) is 5.45. The van der Waals surface area contributed by atoms with Gasteiger partial charge in [-0.2, -0.15) is 8.78 Å². The van der Waals surface area contributed by atoms with Crippen molar-refractivity contribution in [3.8, 4) is 11.4 Å². The second-order valence-corrected chi connectivity index (χ2v) is 5.45. The number of amides is 1. The summed E-state index contributed by atoms with van der Waals surface area (Å²) in [5.74, 6) is -1.91. The molecule has 0 aliphatic heterocycles. The summed E-state index contributed by atoms with van der Waals surface area (Å²) in [6.07, 6.45) is 0.0936. The summed E-state index contributed by atoms with van der Waals surface area (Å²) in [6, 6.07) is 4.47. The molecule has 1 atom stereocenters. The molecule has 2 rings (SSSR count). The van der Waals surface area contributed by atoms with E-state index in [9.17, 15) is 18.4 Å². The van der Waals surface area contributed by atoms with E-state index in [1.54, 1.807) is 6.92 Å². The zero-order valence-corrected chi connectivity index (χ0v) is 14.6. The van der Waals surface area contributed by atoms with Gasteiger partial charge in [0.1, 0.15) is 11.8 Å². The Morgan fingerprint density at radius 1 is 1.30 bits per heavy atom. The molecule has 1 aromatic carbocycles. The number of halogens is 2. The number of carboxylic acid groups (broad SMARTS) is 1. The highest BCUT2D eigenvalue weighted by Gasteiger charge is 2.24. The van der Waals surface area contributed by atoms with E-state index in [1.807, 2.05) is 0 Å². The molecule has 11 heteroatoms. The number of carbonyl (C=O) groups is 2. The number of alkyl halides is 2. The zero-order valence-electron chi connectivity index (χ0n) is 14.6. The number of ether oxygens (including phenoxy) is 2. The standard InChI is InChI=1S/C16H18F2N4O5/c1-9-13(14(23)19-12(15(24)25)7-8-26-2)20-21-22(9)10-3-5-11(6-4-10)27-16(17)18/h3-6,12,16H,7-8H2,1-2H3,(H,19,23)(H,24,25). The predicted octanol–water partition coefficient (Wildman–Crippen LogP) is 1.40. The lowest BCUT2D eigenvalue weighted by Gasteiger charge is -2.13. The van der Waals surface area contributed by atoms with Crippen molar-refractivity contribution < 1.29 is 33.0 Å². The van der Waals surface area contributed by atoms with E-state index in [0.29, 0.717) is 11.4 Å². The Bertz CT molecular complexity index is 795. The van der Waals surface area contributed by atoms with E-state index < -0.39 is 24.5 Å². The average Bonchev–Trinajstić information content (AvgIpc) is 3.00. The summed E-state index contributed by atoms with van der Waals surface area (Å²) >= 11 is 0. The van der Waals surface area contributed by atoms with E-state index >= 15 is 0 Å². The van der Waals surface area contributed by atoms with E-state index in [-0.39, 0.29) is 24.5 Å². The molecule has 2 N–H and O–H groups in total. The summed E-state index contributed by atoms with van der Waals surface area (Å²) in [6.45, 7) is -1.20. The minimum absolute atomic E-state index is 0.0214. The number of carboxylic acids is 1. The van der Waals surface area contributed by atoms with Crippen LogP contribution in [0.2, 0.25) is 0 Å². The van der Waals surface area contributed by atoms with Gasteiger partial charge in [-0.05, 0) is 31.2 Å². The molecule has 0 aliphatic carbocycles. The molecular weight excluding hydrogens is 366 g/mol. The molecule has 0 aliphatic rings. The van der Waals surface area contributed by atoms with Crippen molar-refractivity contribution in [3.05, 3.63) is 35.7 Å². The molecule has 0 saturated carbocycles. The number of nitrogens with one attached hydrogen (secondary N) is 1. The van der Waals surface area contributed by atoms with Crippen molar-refractivity contribution in [1.82, 2.24) is 20.3 Å². The average molecular weight is 384 g/mol. The van der Waals surface area contributed by atoms with Gasteiger partial charge in [0.2, 0.25) is 0 Å². The number of nitrogens with zero attached hydrogens (tertiary/aromatic N) is 3. The van der Waals surface area contributed by atoms with Gasteiger partial charge in [-0.1, -0.05) is 5.21 Å². The van der Waals surface area contributed by atoms with E-state index in [1.165, 1.54) is 36.1 Å². The van der Waals surface area contributed by atoms with Gasteiger partial charge in [0.25, 0.3) is 5.91 Å². The lowest BCUT2D eigenvalue weighted by atomic mass is 10.2. The Labute approximate surface area is 152 Å². The first-order valence-corrected chi connectivity index (χ1v) is 7.83. The third-order valence-electron chi connectivity index (χ3n) is 3.63. The van der Waals surface area contributed by atoms with Crippen LogP contribution in [0.25, 0.3) is 5.69 Å². The van der Waals surface area contributed by atoms with Crippen molar-refractivity contribution in [1.29, 1.82) is 0 Å². The minimum Gasteiger partial charge on any atom is -0.480 e. The van der Waals surface area contributed by atoms with Crippen LogP contribution in [0.1, 0.15) is 22.6 Å². The molecule has 0 fully saturated rings. The Hall–Kier alpha value is -3.08. The van der Waals surface area contributed by atoms with Gasteiger partial charge in [-0.3, -0.25) is 4.79 Å². The lowest BCUT2D eigenvalue weighted by molar-refractivity contribution is -0.139. The van der Waals surface area contributed by atoms with E-state index in [2.05, 4.69) is 20.4 Å². The van der Waals surface area contributed by atoms with Crippen LogP contribution in [0.5, 0.6) is 5.75 Å². The molecule has 0 radical (unpaired) electrons. The Balaban J connectivity index is 2.16. The minimum atomic E-state index is -2.93. The summed E-state index contributed by atoms with van der Waals surface area (Å²) in [5, 5.41) is 19.2. The Morgan fingerprint density at radius 3 is 2.52 bits per heavy atom. The summed E-state index contributed by atoms with van der Waals surface area (Å²) < 4.78 is 34.8. The fourth-order valence-corrected chi connectivity index (χ4v) is 2.27. The maximum atomic E-state index is 12.3. The van der Waals surface area contributed by atoms with Crippen molar-refractivity contribution in [2.45, 2.75) is 26.0 Å². The molecule has 1 unspecified atom stereocenters. The van der Waals surface area contributed by atoms with Crippen LogP contribution in [-0.2, 0) is 9.53 Å². The predicted molar refractivity (Wildman–Crippen MR) is 88.1 cm³/mol. The smallest absolute Gasteiger partial charge is 0.387 e. The topological polar surface area (TPSA) is 116 Å². The molecule has 1 amide bonds. The molecular formula is C16H18F2N4O5. The van der Waals surface area contributed by atoms with Crippen LogP contribution in [0.4, 0.5) is 8.78 Å². The summed E-state index contributed by atoms with van der Waals surface area (Å²) in [4.78, 5) is 23.5. The van der Waals surface area contributed by atoms with Crippen molar-refractivity contribution in [2.24, 2.45) is 0 Å². The highest BCUT2D eigenvalue weighted by atomic mass is 19.3. The normalized spacial score (nSPS) is 12.0. The number of aliphatic carboxylic acids is 1. The number of hydrogen-bond donors (Lipinski definition) is 2. The largest absolute Gasteiger partial charge is 0.480 e. The molecule has 1 aromatic heterocycles. The second kappa shape index (κ2) is 9.03. The monoisotopic (exact) mass is 384 g/mol. The van der Waals surface area contributed by atoms with E-state index in [0.717, 1.165) is 0 Å². The number of methoxy groups -OCH3 is 1. The van der Waals surface area contributed by atoms with Gasteiger partial charge < -0.3 is 19.9 Å². The van der Waals surface area contributed by atoms with Crippen LogP contribution in [0.3, 0.4) is 0 Å². The molecule has 27 heavy (non-hydrogen) atoms. The maximum absolute atomic E-state index is 12.3. The molecule has 9 nitrogen and oxygen atoms in total. The quantitative estimate of drug-likeness (QED) is 0.671. The lowest BCUT2D eigenvalue weighted by Crippen LogP contribution is -2.41. The van der Waals surface area contributed by atoms with Crippen molar-refractivity contribution >= 4 is 11.9 Å². The molecule has 146 valence electrons. The van der Waals surface area contributed by atoms with Crippen LogP contribution in [0, 0.1) is 6.92 Å². The van der Waals surface area contributed by atoms with Gasteiger partial charge in [0.05, 0.1) is 11.4 Å². The molecule has 2 aromatic rings. The fourth-order valence-electron chi connectivity index (χ4n) is 2.27.